The fourth-order valence-electron chi connectivity index (χ4n) is 1.79. The van der Waals surface area contributed by atoms with Crippen LogP contribution in [0.1, 0.15) is 49.7 Å². The van der Waals surface area contributed by atoms with Gasteiger partial charge in [-0.25, -0.2) is 4.79 Å². The van der Waals surface area contributed by atoms with Crippen LogP contribution in [0.2, 0.25) is 0 Å². The van der Waals surface area contributed by atoms with Crippen molar-refractivity contribution < 1.29 is 14.3 Å². The molecule has 0 heterocycles. The number of benzene rings is 1. The summed E-state index contributed by atoms with van der Waals surface area (Å²) in [6, 6.07) is 7.02. The van der Waals surface area contributed by atoms with Crippen LogP contribution in [0.15, 0.2) is 24.3 Å². The summed E-state index contributed by atoms with van der Waals surface area (Å²) in [5.74, 6) is 0.0387. The Morgan fingerprint density at radius 2 is 1.76 bits per heavy atom. The van der Waals surface area contributed by atoms with E-state index in [9.17, 15) is 9.59 Å². The number of amides is 1. The van der Waals surface area contributed by atoms with Gasteiger partial charge in [-0.05, 0) is 40.3 Å². The minimum Gasteiger partial charge on any atom is -0.444 e. The number of Topliss-reactive ketones (excluding diaryl/α,β-unsaturated/α-hetero) is 1. The van der Waals surface area contributed by atoms with Gasteiger partial charge in [-0.2, -0.15) is 0 Å². The van der Waals surface area contributed by atoms with Crippen molar-refractivity contribution in [2.45, 2.75) is 39.3 Å². The maximum absolute atomic E-state index is 11.7. The smallest absolute Gasteiger partial charge is 0.408 e. The van der Waals surface area contributed by atoms with Crippen molar-refractivity contribution in [1.29, 1.82) is 0 Å². The van der Waals surface area contributed by atoms with Crippen LogP contribution in [0, 0.1) is 0 Å². The molecule has 2 N–H and O–H groups in total. The van der Waals surface area contributed by atoms with Crippen LogP contribution < -0.4 is 10.6 Å². The van der Waals surface area contributed by atoms with E-state index in [2.05, 4.69) is 10.6 Å². The quantitative estimate of drug-likeness (QED) is 0.819. The van der Waals surface area contributed by atoms with Gasteiger partial charge in [-0.15, -0.1) is 0 Å². The van der Waals surface area contributed by atoms with Crippen LogP contribution in [0.25, 0.3) is 0 Å². The predicted octanol–water partition coefficient (Wildman–Crippen LogP) is 2.67. The topological polar surface area (TPSA) is 67.4 Å². The van der Waals surface area contributed by atoms with Crippen molar-refractivity contribution in [2.24, 2.45) is 0 Å². The first-order chi connectivity index (χ1) is 9.73. The highest BCUT2D eigenvalue weighted by Crippen LogP contribution is 2.15. The number of hydrogen-bond acceptors (Lipinski definition) is 4. The Labute approximate surface area is 126 Å². The molecule has 1 aromatic rings. The zero-order valence-corrected chi connectivity index (χ0v) is 13.3. The average molecular weight is 292 g/mol. The Bertz CT molecular complexity index is 489. The molecule has 1 rings (SSSR count). The van der Waals surface area contributed by atoms with Crippen LogP contribution in [0.5, 0.6) is 0 Å². The molecule has 0 aromatic heterocycles. The van der Waals surface area contributed by atoms with E-state index < -0.39 is 11.7 Å². The van der Waals surface area contributed by atoms with E-state index in [0.29, 0.717) is 12.1 Å². The van der Waals surface area contributed by atoms with Gasteiger partial charge in [0.1, 0.15) is 5.60 Å². The molecule has 0 saturated heterocycles. The van der Waals surface area contributed by atoms with Gasteiger partial charge in [0.25, 0.3) is 0 Å². The zero-order valence-electron chi connectivity index (χ0n) is 13.3. The first kappa shape index (κ1) is 17.2. The monoisotopic (exact) mass is 292 g/mol. The molecule has 0 aliphatic heterocycles. The van der Waals surface area contributed by atoms with Crippen molar-refractivity contribution >= 4 is 11.9 Å². The van der Waals surface area contributed by atoms with Crippen molar-refractivity contribution in [3.8, 4) is 0 Å². The van der Waals surface area contributed by atoms with Crippen LogP contribution >= 0.6 is 0 Å². The van der Waals surface area contributed by atoms with Crippen molar-refractivity contribution in [2.75, 3.05) is 13.6 Å². The van der Waals surface area contributed by atoms with Gasteiger partial charge in [-0.3, -0.25) is 4.79 Å². The van der Waals surface area contributed by atoms with Crippen LogP contribution in [0.4, 0.5) is 4.79 Å². The lowest BCUT2D eigenvalue weighted by Crippen LogP contribution is -2.34. The highest BCUT2D eigenvalue weighted by atomic mass is 16.6. The second kappa shape index (κ2) is 7.22. The number of ether oxygens (including phenoxy) is 1. The van der Waals surface area contributed by atoms with Crippen molar-refractivity contribution in [3.63, 3.8) is 0 Å². The minimum atomic E-state index is -0.521. The highest BCUT2D eigenvalue weighted by molar-refractivity contribution is 5.97. The molecule has 1 atom stereocenters. The normalized spacial score (nSPS) is 12.6. The fraction of sp³-hybridized carbons (Fsp3) is 0.500. The molecular formula is C16H24N2O3. The Hall–Kier alpha value is -1.88. The second-order valence-electron chi connectivity index (χ2n) is 5.94. The summed E-state index contributed by atoms with van der Waals surface area (Å²) in [7, 11) is 1.74. The van der Waals surface area contributed by atoms with Crippen molar-refractivity contribution in [1.82, 2.24) is 10.6 Å². The lowest BCUT2D eigenvalue weighted by molar-refractivity contribution is 0.0507. The van der Waals surface area contributed by atoms with Crippen molar-refractivity contribution in [3.05, 3.63) is 35.4 Å². The molecule has 0 aliphatic rings. The first-order valence-corrected chi connectivity index (χ1v) is 7.00. The third kappa shape index (κ3) is 5.95. The number of alkyl carbamates (subject to hydrolysis) is 1. The van der Waals surface area contributed by atoms with Crippen LogP contribution in [0.3, 0.4) is 0 Å². The molecule has 0 saturated carbocycles. The second-order valence-corrected chi connectivity index (χ2v) is 5.94. The zero-order chi connectivity index (χ0) is 16.0. The number of ketones is 1. The summed E-state index contributed by atoms with van der Waals surface area (Å²) in [4.78, 5) is 23.4. The first-order valence-electron chi connectivity index (χ1n) is 7.00. The Morgan fingerprint density at radius 1 is 1.19 bits per heavy atom. The van der Waals surface area contributed by atoms with Gasteiger partial charge in [0.15, 0.2) is 5.78 Å². The maximum atomic E-state index is 11.7. The molecule has 0 aliphatic carbocycles. The third-order valence-corrected chi connectivity index (χ3v) is 2.80. The third-order valence-electron chi connectivity index (χ3n) is 2.80. The molecule has 0 spiro atoms. The van der Waals surface area contributed by atoms with E-state index in [1.54, 1.807) is 19.2 Å². The maximum Gasteiger partial charge on any atom is 0.408 e. The molecule has 5 nitrogen and oxygen atoms in total. The van der Waals surface area contributed by atoms with Gasteiger partial charge in [0, 0.05) is 5.56 Å². The minimum absolute atomic E-state index is 0.0387. The largest absolute Gasteiger partial charge is 0.444 e. The molecule has 0 bridgehead atoms. The predicted molar refractivity (Wildman–Crippen MR) is 82.5 cm³/mol. The average Bonchev–Trinajstić information content (AvgIpc) is 2.36. The Kier molecular flexibility index (Phi) is 5.90. The lowest BCUT2D eigenvalue weighted by Gasteiger charge is -2.22. The van der Waals surface area contributed by atoms with Crippen LogP contribution in [-0.2, 0) is 4.74 Å². The van der Waals surface area contributed by atoms with E-state index >= 15 is 0 Å². The lowest BCUT2D eigenvalue weighted by atomic mass is 10.0. The number of likely N-dealkylation sites (N-methyl/N-ethyl adjacent to an activating group) is 1. The van der Waals surface area contributed by atoms with E-state index in [1.807, 2.05) is 39.8 Å². The molecular weight excluding hydrogens is 268 g/mol. The molecule has 0 radical (unpaired) electrons. The molecule has 116 valence electrons. The number of nitrogens with one attached hydrogen (secondary N) is 2. The van der Waals surface area contributed by atoms with E-state index in [-0.39, 0.29) is 11.8 Å². The summed E-state index contributed by atoms with van der Waals surface area (Å²) in [6.07, 6.45) is -0.453. The number of rotatable bonds is 5. The molecule has 1 aromatic carbocycles. The molecule has 21 heavy (non-hydrogen) atoms. The van der Waals surface area contributed by atoms with E-state index in [0.717, 1.165) is 5.56 Å². The SMILES string of the molecule is CNCC(=O)c1ccc([C@H](C)NC(=O)OC(C)(C)C)cc1. The summed E-state index contributed by atoms with van der Waals surface area (Å²) in [5.41, 5.74) is 1.05. The fourth-order valence-corrected chi connectivity index (χ4v) is 1.79. The van der Waals surface area contributed by atoms with Gasteiger partial charge in [-0.1, -0.05) is 24.3 Å². The standard InChI is InChI=1S/C16H24N2O3/c1-11(18-15(20)21-16(2,3)4)12-6-8-13(9-7-12)14(19)10-17-5/h6-9,11,17H,10H2,1-5H3,(H,18,20)/t11-/m0/s1. The summed E-state index contributed by atoms with van der Waals surface area (Å²) >= 11 is 0. The Morgan fingerprint density at radius 3 is 2.24 bits per heavy atom. The Balaban J connectivity index is 2.65. The van der Waals surface area contributed by atoms with Gasteiger partial charge < -0.3 is 15.4 Å². The summed E-state index contributed by atoms with van der Waals surface area (Å²) < 4.78 is 5.21. The molecule has 5 heteroatoms. The van der Waals surface area contributed by atoms with Crippen LogP contribution in [-0.4, -0.2) is 31.1 Å². The highest BCUT2D eigenvalue weighted by Gasteiger charge is 2.18. The molecule has 0 unspecified atom stereocenters. The van der Waals surface area contributed by atoms with E-state index in [4.69, 9.17) is 4.74 Å². The van der Waals surface area contributed by atoms with E-state index in [1.165, 1.54) is 0 Å². The summed E-state index contributed by atoms with van der Waals surface area (Å²) in [5, 5.41) is 5.60. The number of hydrogen-bond donors (Lipinski definition) is 2. The molecule has 0 fully saturated rings. The summed E-state index contributed by atoms with van der Waals surface area (Å²) in [6.45, 7) is 7.64. The molecule has 1 amide bonds. The number of carbonyl (C=O) groups excluding carboxylic acids is 2. The van der Waals surface area contributed by atoms with Gasteiger partial charge >= 0.3 is 6.09 Å². The number of carbonyl (C=O) groups is 2. The van der Waals surface area contributed by atoms with Gasteiger partial charge in [0.2, 0.25) is 0 Å². The van der Waals surface area contributed by atoms with Gasteiger partial charge in [0.05, 0.1) is 12.6 Å².